The molecular weight excluding hydrogens is 300 g/mol. The summed E-state index contributed by atoms with van der Waals surface area (Å²) in [5.74, 6) is 0.450. The van der Waals surface area contributed by atoms with Crippen LogP contribution in [0.3, 0.4) is 0 Å². The fourth-order valence-electron chi connectivity index (χ4n) is 4.29. The molecule has 2 aromatic carbocycles. The lowest BCUT2D eigenvalue weighted by molar-refractivity contribution is -0.118. The highest BCUT2D eigenvalue weighted by atomic mass is 16.5. The number of ether oxygens (including phenoxy) is 1. The SMILES string of the molecule is O=C1Nc2ccccc2C12CC2c1ccc(N2CCOCC2)cc1. The van der Waals surface area contributed by atoms with Crippen molar-refractivity contribution in [3.05, 3.63) is 59.7 Å². The van der Waals surface area contributed by atoms with Crippen LogP contribution in [0, 0.1) is 0 Å². The first-order valence-corrected chi connectivity index (χ1v) is 8.63. The van der Waals surface area contributed by atoms with Gasteiger partial charge in [-0.25, -0.2) is 0 Å². The molecule has 2 aromatic rings. The minimum absolute atomic E-state index is 0.158. The quantitative estimate of drug-likeness (QED) is 0.925. The Labute approximate surface area is 141 Å². The normalized spacial score (nSPS) is 27.9. The van der Waals surface area contributed by atoms with Crippen LogP contribution >= 0.6 is 0 Å². The lowest BCUT2D eigenvalue weighted by Crippen LogP contribution is -2.36. The molecule has 2 fully saturated rings. The van der Waals surface area contributed by atoms with Crippen molar-refractivity contribution in [1.29, 1.82) is 0 Å². The summed E-state index contributed by atoms with van der Waals surface area (Å²) in [5, 5.41) is 3.05. The van der Waals surface area contributed by atoms with E-state index in [1.807, 2.05) is 18.2 Å². The molecule has 0 aromatic heterocycles. The van der Waals surface area contributed by atoms with Gasteiger partial charge in [0, 0.05) is 30.4 Å². The van der Waals surface area contributed by atoms with Gasteiger partial charge in [-0.05, 0) is 35.7 Å². The zero-order valence-electron chi connectivity index (χ0n) is 13.5. The molecule has 1 N–H and O–H groups in total. The van der Waals surface area contributed by atoms with Crippen LogP contribution in [-0.4, -0.2) is 32.2 Å². The van der Waals surface area contributed by atoms with Crippen molar-refractivity contribution in [1.82, 2.24) is 0 Å². The van der Waals surface area contributed by atoms with Crippen LogP contribution in [0.15, 0.2) is 48.5 Å². The van der Waals surface area contributed by atoms with Crippen molar-refractivity contribution in [2.45, 2.75) is 17.8 Å². The van der Waals surface area contributed by atoms with E-state index in [-0.39, 0.29) is 11.3 Å². The third-order valence-corrected chi connectivity index (χ3v) is 5.69. The van der Waals surface area contributed by atoms with E-state index >= 15 is 0 Å². The second-order valence-electron chi connectivity index (χ2n) is 6.92. The number of para-hydroxylation sites is 1. The van der Waals surface area contributed by atoms with Crippen LogP contribution in [0.25, 0.3) is 0 Å². The lowest BCUT2D eigenvalue weighted by Gasteiger charge is -2.29. The smallest absolute Gasteiger partial charge is 0.235 e. The van der Waals surface area contributed by atoms with E-state index in [1.165, 1.54) is 11.3 Å². The maximum absolute atomic E-state index is 12.6. The molecule has 2 aliphatic heterocycles. The summed E-state index contributed by atoms with van der Waals surface area (Å²) in [6, 6.07) is 16.9. The average molecular weight is 320 g/mol. The second-order valence-corrected chi connectivity index (χ2v) is 6.92. The number of morpholine rings is 1. The Bertz CT molecular complexity index is 796. The molecule has 0 radical (unpaired) electrons. The number of hydrogen-bond acceptors (Lipinski definition) is 3. The molecule has 4 nitrogen and oxygen atoms in total. The molecule has 24 heavy (non-hydrogen) atoms. The van der Waals surface area contributed by atoms with Gasteiger partial charge in [0.1, 0.15) is 0 Å². The van der Waals surface area contributed by atoms with Crippen molar-refractivity contribution < 1.29 is 9.53 Å². The van der Waals surface area contributed by atoms with Gasteiger partial charge in [0.05, 0.1) is 18.6 Å². The summed E-state index contributed by atoms with van der Waals surface area (Å²) >= 11 is 0. The standard InChI is InChI=1S/C20H20N2O2/c23-19-20(16-3-1-2-4-18(16)21-19)13-17(20)14-5-7-15(8-6-14)22-9-11-24-12-10-22/h1-8,17H,9-13H2,(H,21,23). The van der Waals surface area contributed by atoms with Crippen LogP contribution in [0.1, 0.15) is 23.5 Å². The molecule has 2 unspecified atom stereocenters. The van der Waals surface area contributed by atoms with E-state index in [0.717, 1.165) is 44.0 Å². The van der Waals surface area contributed by atoms with E-state index < -0.39 is 0 Å². The van der Waals surface area contributed by atoms with Gasteiger partial charge >= 0.3 is 0 Å². The predicted octanol–water partition coefficient (Wildman–Crippen LogP) is 2.90. The zero-order chi connectivity index (χ0) is 16.1. The molecule has 122 valence electrons. The van der Waals surface area contributed by atoms with Crippen LogP contribution in [0.4, 0.5) is 11.4 Å². The van der Waals surface area contributed by atoms with Gasteiger partial charge in [0.2, 0.25) is 5.91 Å². The van der Waals surface area contributed by atoms with Crippen LogP contribution < -0.4 is 10.2 Å². The molecule has 3 aliphatic rings. The average Bonchev–Trinajstić information content (AvgIpc) is 3.33. The Morgan fingerprint density at radius 2 is 1.79 bits per heavy atom. The monoisotopic (exact) mass is 320 g/mol. The molecular formula is C20H20N2O2. The molecule has 5 rings (SSSR count). The van der Waals surface area contributed by atoms with Crippen LogP contribution in [-0.2, 0) is 14.9 Å². The number of nitrogens with zero attached hydrogens (tertiary/aromatic N) is 1. The molecule has 1 aliphatic carbocycles. The minimum atomic E-state index is -0.336. The van der Waals surface area contributed by atoms with Crippen molar-refractivity contribution in [3.8, 4) is 0 Å². The van der Waals surface area contributed by atoms with E-state index in [1.54, 1.807) is 0 Å². The molecule has 2 heterocycles. The third kappa shape index (κ3) is 1.93. The Morgan fingerprint density at radius 3 is 2.58 bits per heavy atom. The number of hydrogen-bond donors (Lipinski definition) is 1. The summed E-state index contributed by atoms with van der Waals surface area (Å²) < 4.78 is 5.42. The van der Waals surface area contributed by atoms with Gasteiger partial charge < -0.3 is 15.0 Å². The maximum Gasteiger partial charge on any atom is 0.235 e. The van der Waals surface area contributed by atoms with Gasteiger partial charge in [0.25, 0.3) is 0 Å². The molecule has 1 saturated heterocycles. The Hall–Kier alpha value is -2.33. The number of benzene rings is 2. The number of nitrogens with one attached hydrogen (secondary N) is 1. The molecule has 4 heteroatoms. The summed E-state index contributed by atoms with van der Waals surface area (Å²) in [6.07, 6.45) is 0.909. The molecule has 0 bridgehead atoms. The first-order valence-electron chi connectivity index (χ1n) is 8.63. The molecule has 2 atom stereocenters. The number of carbonyl (C=O) groups is 1. The fourth-order valence-corrected chi connectivity index (χ4v) is 4.29. The van der Waals surface area contributed by atoms with Gasteiger partial charge in [-0.2, -0.15) is 0 Å². The fraction of sp³-hybridized carbons (Fsp3) is 0.350. The summed E-state index contributed by atoms with van der Waals surface area (Å²) in [5.41, 5.74) is 4.32. The first kappa shape index (κ1) is 14.1. The molecule has 1 spiro atoms. The summed E-state index contributed by atoms with van der Waals surface area (Å²) in [4.78, 5) is 14.9. The summed E-state index contributed by atoms with van der Waals surface area (Å²) in [7, 11) is 0. The van der Waals surface area contributed by atoms with E-state index in [4.69, 9.17) is 4.74 Å². The topological polar surface area (TPSA) is 41.6 Å². The third-order valence-electron chi connectivity index (χ3n) is 5.69. The number of fused-ring (bicyclic) bond motifs is 2. The van der Waals surface area contributed by atoms with Crippen LogP contribution in [0.5, 0.6) is 0 Å². The zero-order valence-corrected chi connectivity index (χ0v) is 13.5. The number of anilines is 2. The number of rotatable bonds is 2. The van der Waals surface area contributed by atoms with Crippen molar-refractivity contribution >= 4 is 17.3 Å². The van der Waals surface area contributed by atoms with E-state index in [2.05, 4.69) is 40.5 Å². The highest BCUT2D eigenvalue weighted by Gasteiger charge is 2.64. The molecule has 1 saturated carbocycles. The second kappa shape index (κ2) is 5.08. The van der Waals surface area contributed by atoms with Crippen molar-refractivity contribution in [2.75, 3.05) is 36.5 Å². The largest absolute Gasteiger partial charge is 0.378 e. The Balaban J connectivity index is 1.42. The van der Waals surface area contributed by atoms with Gasteiger partial charge in [-0.3, -0.25) is 4.79 Å². The highest BCUT2D eigenvalue weighted by Crippen LogP contribution is 2.64. The predicted molar refractivity (Wildman–Crippen MR) is 93.6 cm³/mol. The Morgan fingerprint density at radius 1 is 1.04 bits per heavy atom. The number of carbonyl (C=O) groups excluding carboxylic acids is 1. The Kier molecular flexibility index (Phi) is 2.98. The molecule has 1 amide bonds. The maximum atomic E-state index is 12.6. The minimum Gasteiger partial charge on any atom is -0.378 e. The van der Waals surface area contributed by atoms with Gasteiger partial charge in [0.15, 0.2) is 0 Å². The summed E-state index contributed by atoms with van der Waals surface area (Å²) in [6.45, 7) is 3.49. The van der Waals surface area contributed by atoms with Crippen molar-refractivity contribution in [2.24, 2.45) is 0 Å². The van der Waals surface area contributed by atoms with E-state index in [0.29, 0.717) is 5.92 Å². The van der Waals surface area contributed by atoms with Crippen molar-refractivity contribution in [3.63, 3.8) is 0 Å². The first-order chi connectivity index (χ1) is 11.8. The van der Waals surface area contributed by atoms with Crippen LogP contribution in [0.2, 0.25) is 0 Å². The van der Waals surface area contributed by atoms with E-state index in [9.17, 15) is 4.79 Å². The van der Waals surface area contributed by atoms with Gasteiger partial charge in [-0.15, -0.1) is 0 Å². The highest BCUT2D eigenvalue weighted by molar-refractivity contribution is 6.09. The van der Waals surface area contributed by atoms with Gasteiger partial charge in [-0.1, -0.05) is 30.3 Å². The lowest BCUT2D eigenvalue weighted by atomic mass is 9.92. The number of amides is 1.